The van der Waals surface area contributed by atoms with Gasteiger partial charge in [-0.15, -0.1) is 0 Å². The highest BCUT2D eigenvalue weighted by Crippen LogP contribution is 2.07. The fourth-order valence-electron chi connectivity index (χ4n) is 0.962. The molecule has 0 spiro atoms. The molecular formula is C12H25NO2. The second-order valence-corrected chi connectivity index (χ2v) is 3.18. The lowest BCUT2D eigenvalue weighted by Gasteiger charge is -2.03. The minimum absolute atomic E-state index is 0.324. The smallest absolute Gasteiger partial charge is 0.155 e. The first-order chi connectivity index (χ1) is 7.12. The summed E-state index contributed by atoms with van der Waals surface area (Å²) >= 11 is 0. The van der Waals surface area contributed by atoms with E-state index in [2.05, 4.69) is 12.2 Å². The van der Waals surface area contributed by atoms with Gasteiger partial charge in [-0.2, -0.15) is 0 Å². The van der Waals surface area contributed by atoms with Crippen LogP contribution in [0.4, 0.5) is 0 Å². The molecule has 0 unspecified atom stereocenters. The normalized spacial score (nSPS) is 11.8. The van der Waals surface area contributed by atoms with E-state index >= 15 is 0 Å². The van der Waals surface area contributed by atoms with Gasteiger partial charge in [0, 0.05) is 6.42 Å². The lowest BCUT2D eigenvalue weighted by atomic mass is 10.1. The van der Waals surface area contributed by atoms with Crippen LogP contribution in [-0.4, -0.2) is 30.6 Å². The maximum atomic E-state index is 8.73. The summed E-state index contributed by atoms with van der Waals surface area (Å²) in [7, 11) is 3.75. The van der Waals surface area contributed by atoms with Crippen LogP contribution in [0.3, 0.4) is 0 Å². The van der Waals surface area contributed by atoms with Gasteiger partial charge in [-0.05, 0) is 32.5 Å². The second kappa shape index (κ2) is 13.4. The molecule has 15 heavy (non-hydrogen) atoms. The van der Waals surface area contributed by atoms with Crippen LogP contribution in [0.25, 0.3) is 0 Å². The third-order valence-corrected chi connectivity index (χ3v) is 1.45. The number of aliphatic hydroxyl groups excluding tert-OH is 1. The molecule has 0 aliphatic rings. The zero-order chi connectivity index (χ0) is 12.1. The Morgan fingerprint density at radius 2 is 1.73 bits per heavy atom. The minimum Gasteiger partial charge on any atom is -0.368 e. The van der Waals surface area contributed by atoms with Gasteiger partial charge in [-0.25, -0.2) is 0 Å². The van der Waals surface area contributed by atoms with Gasteiger partial charge >= 0.3 is 0 Å². The number of aliphatic hydroxyl groups is 2. The van der Waals surface area contributed by atoms with Crippen molar-refractivity contribution in [3.05, 3.63) is 23.8 Å². The van der Waals surface area contributed by atoms with Crippen molar-refractivity contribution >= 4 is 0 Å². The summed E-state index contributed by atoms with van der Waals surface area (Å²) in [5.74, 6) is 0. The molecule has 0 atom stereocenters. The third kappa shape index (κ3) is 16.1. The first-order valence-corrected chi connectivity index (χ1v) is 5.42. The predicted molar refractivity (Wildman–Crippen MR) is 65.6 cm³/mol. The number of rotatable bonds is 5. The molecular weight excluding hydrogens is 190 g/mol. The number of hydrogen-bond acceptors (Lipinski definition) is 3. The summed E-state index contributed by atoms with van der Waals surface area (Å²) in [6.07, 6.45) is 6.96. The predicted octanol–water partition coefficient (Wildman–Crippen LogP) is 1.83. The van der Waals surface area contributed by atoms with Crippen LogP contribution in [0.2, 0.25) is 0 Å². The molecule has 3 heteroatoms. The molecule has 0 saturated heterocycles. The van der Waals surface area contributed by atoms with E-state index in [0.717, 1.165) is 18.4 Å². The van der Waals surface area contributed by atoms with E-state index in [9.17, 15) is 0 Å². The lowest BCUT2D eigenvalue weighted by Crippen LogP contribution is -2.04. The number of nitrogens with one attached hydrogen (secondary N) is 1. The Hall–Kier alpha value is -0.640. The molecule has 0 saturated carbocycles. The SMILES string of the molecule is CC/C=C\C(=C/CC)CC(O)O.CNC. The molecule has 0 aliphatic heterocycles. The Balaban J connectivity index is 0. The van der Waals surface area contributed by atoms with E-state index in [4.69, 9.17) is 10.2 Å². The van der Waals surface area contributed by atoms with Crippen LogP contribution < -0.4 is 5.32 Å². The van der Waals surface area contributed by atoms with E-state index in [0.29, 0.717) is 6.42 Å². The first-order valence-electron chi connectivity index (χ1n) is 5.42. The summed E-state index contributed by atoms with van der Waals surface area (Å²) < 4.78 is 0. The molecule has 0 bridgehead atoms. The van der Waals surface area contributed by atoms with Gasteiger partial charge in [0.15, 0.2) is 6.29 Å². The van der Waals surface area contributed by atoms with E-state index in [-0.39, 0.29) is 0 Å². The van der Waals surface area contributed by atoms with Gasteiger partial charge in [0.2, 0.25) is 0 Å². The van der Waals surface area contributed by atoms with Crippen LogP contribution in [0, 0.1) is 0 Å². The molecule has 3 nitrogen and oxygen atoms in total. The van der Waals surface area contributed by atoms with Crippen LogP contribution in [0.1, 0.15) is 33.1 Å². The quantitative estimate of drug-likeness (QED) is 0.484. The van der Waals surface area contributed by atoms with Crippen LogP contribution >= 0.6 is 0 Å². The Kier molecular flexibility index (Phi) is 14.9. The van der Waals surface area contributed by atoms with Crippen LogP contribution in [0.15, 0.2) is 23.8 Å². The fourth-order valence-corrected chi connectivity index (χ4v) is 0.962. The zero-order valence-corrected chi connectivity index (χ0v) is 10.3. The molecule has 0 aromatic heterocycles. The highest BCUT2D eigenvalue weighted by Gasteiger charge is 1.98. The Morgan fingerprint density at radius 1 is 1.20 bits per heavy atom. The second-order valence-electron chi connectivity index (χ2n) is 3.18. The average molecular weight is 215 g/mol. The van der Waals surface area contributed by atoms with E-state index in [1.165, 1.54) is 0 Å². The number of hydrogen-bond donors (Lipinski definition) is 3. The summed E-state index contributed by atoms with van der Waals surface area (Å²) in [6, 6.07) is 0. The fraction of sp³-hybridized carbons (Fsp3) is 0.667. The molecule has 0 amide bonds. The van der Waals surface area contributed by atoms with E-state index in [1.54, 1.807) is 0 Å². The van der Waals surface area contributed by atoms with Crippen molar-refractivity contribution in [2.75, 3.05) is 14.1 Å². The van der Waals surface area contributed by atoms with Gasteiger partial charge in [-0.1, -0.05) is 32.1 Å². The monoisotopic (exact) mass is 215 g/mol. The summed E-state index contributed by atoms with van der Waals surface area (Å²) in [4.78, 5) is 0. The van der Waals surface area contributed by atoms with Crippen molar-refractivity contribution in [1.29, 1.82) is 0 Å². The molecule has 0 aromatic carbocycles. The summed E-state index contributed by atoms with van der Waals surface area (Å²) in [5.41, 5.74) is 0.995. The molecule has 0 radical (unpaired) electrons. The average Bonchev–Trinajstić information content (AvgIpc) is 2.15. The van der Waals surface area contributed by atoms with Gasteiger partial charge in [-0.3, -0.25) is 0 Å². The topological polar surface area (TPSA) is 52.5 Å². The van der Waals surface area contributed by atoms with Crippen molar-refractivity contribution < 1.29 is 10.2 Å². The molecule has 0 rings (SSSR count). The van der Waals surface area contributed by atoms with Crippen molar-refractivity contribution in [3.63, 3.8) is 0 Å². The summed E-state index contributed by atoms with van der Waals surface area (Å²) in [6.45, 7) is 4.08. The van der Waals surface area contributed by atoms with E-state index < -0.39 is 6.29 Å². The maximum Gasteiger partial charge on any atom is 0.155 e. The number of allylic oxidation sites excluding steroid dienone is 3. The Bertz CT molecular complexity index is 174. The first kappa shape index (κ1) is 16.8. The lowest BCUT2D eigenvalue weighted by molar-refractivity contribution is -0.0375. The van der Waals surface area contributed by atoms with Crippen molar-refractivity contribution in [2.24, 2.45) is 0 Å². The van der Waals surface area contributed by atoms with Crippen LogP contribution in [-0.2, 0) is 0 Å². The van der Waals surface area contributed by atoms with Crippen molar-refractivity contribution in [3.8, 4) is 0 Å². The van der Waals surface area contributed by atoms with Crippen molar-refractivity contribution in [2.45, 2.75) is 39.4 Å². The molecule has 0 heterocycles. The minimum atomic E-state index is -1.23. The molecule has 0 aliphatic carbocycles. The van der Waals surface area contributed by atoms with Gasteiger partial charge in [0.05, 0.1) is 0 Å². The zero-order valence-electron chi connectivity index (χ0n) is 10.3. The molecule has 0 aromatic rings. The summed E-state index contributed by atoms with van der Waals surface area (Å²) in [5, 5.41) is 20.2. The Labute approximate surface area is 93.5 Å². The highest BCUT2D eigenvalue weighted by molar-refractivity contribution is 5.18. The molecule has 3 N–H and O–H groups in total. The third-order valence-electron chi connectivity index (χ3n) is 1.45. The van der Waals surface area contributed by atoms with Gasteiger partial charge < -0.3 is 15.5 Å². The molecule has 0 fully saturated rings. The standard InChI is InChI=1S/C10H18O2.C2H7N/c1-3-5-7-9(6-4-2)8-10(11)12;1-3-2/h5-7,10-12H,3-4,8H2,1-2H3;3H,1-2H3/b7-5-,9-6+;. The van der Waals surface area contributed by atoms with Gasteiger partial charge in [0.1, 0.15) is 0 Å². The highest BCUT2D eigenvalue weighted by atomic mass is 16.5. The van der Waals surface area contributed by atoms with Gasteiger partial charge in [0.25, 0.3) is 0 Å². The Morgan fingerprint density at radius 3 is 2.07 bits per heavy atom. The maximum absolute atomic E-state index is 8.73. The van der Waals surface area contributed by atoms with Crippen LogP contribution in [0.5, 0.6) is 0 Å². The van der Waals surface area contributed by atoms with Crippen molar-refractivity contribution in [1.82, 2.24) is 5.32 Å². The van der Waals surface area contributed by atoms with E-state index in [1.807, 2.05) is 39.2 Å². The molecule has 90 valence electrons. The largest absolute Gasteiger partial charge is 0.368 e.